The lowest BCUT2D eigenvalue weighted by Crippen LogP contribution is -2.25. The first kappa shape index (κ1) is 21.6. The average molecular weight is 414 g/mol. The van der Waals surface area contributed by atoms with Crippen LogP contribution in [0.3, 0.4) is 0 Å². The molecule has 1 aromatic heterocycles. The lowest BCUT2D eigenvalue weighted by atomic mass is 10.1. The van der Waals surface area contributed by atoms with Crippen LogP contribution >= 0.6 is 0 Å². The van der Waals surface area contributed by atoms with Crippen molar-refractivity contribution >= 4 is 22.6 Å². The Labute approximate surface area is 173 Å². The number of ether oxygens (including phenoxy) is 1. The smallest absolute Gasteiger partial charge is 0.262 e. The normalized spacial score (nSPS) is 12.0. The molecule has 0 fully saturated rings. The second-order valence-corrected chi connectivity index (χ2v) is 7.12. The predicted octanol–water partition coefficient (Wildman–Crippen LogP) is 4.33. The van der Waals surface area contributed by atoms with Crippen molar-refractivity contribution in [2.45, 2.75) is 39.8 Å². The highest BCUT2D eigenvalue weighted by Crippen LogP contribution is 2.14. The summed E-state index contributed by atoms with van der Waals surface area (Å²) in [4.78, 5) is 17.5. The molecule has 30 heavy (non-hydrogen) atoms. The van der Waals surface area contributed by atoms with Gasteiger partial charge in [-0.25, -0.2) is 19.2 Å². The number of benzene rings is 2. The highest BCUT2D eigenvalue weighted by atomic mass is 19.1. The molecular formula is C22H24F2N4O2. The zero-order valence-electron chi connectivity index (χ0n) is 17.2. The minimum Gasteiger partial charge on any atom is -0.379 e. The largest absolute Gasteiger partial charge is 0.379 e. The first-order valence-electron chi connectivity index (χ1n) is 9.73. The molecule has 6 nitrogen and oxygen atoms in total. The van der Waals surface area contributed by atoms with Gasteiger partial charge in [0, 0.05) is 18.7 Å². The lowest BCUT2D eigenvalue weighted by Gasteiger charge is -2.14. The summed E-state index contributed by atoms with van der Waals surface area (Å²) >= 11 is 0. The monoisotopic (exact) mass is 414 g/mol. The summed E-state index contributed by atoms with van der Waals surface area (Å²) in [5, 5.41) is 4.63. The average Bonchev–Trinajstić information content (AvgIpc) is 2.72. The minimum absolute atomic E-state index is 0.0301. The Kier molecular flexibility index (Phi) is 6.89. The van der Waals surface area contributed by atoms with Gasteiger partial charge in [0.25, 0.3) is 5.56 Å². The van der Waals surface area contributed by atoms with E-state index in [0.29, 0.717) is 30.5 Å². The molecule has 0 aliphatic carbocycles. The van der Waals surface area contributed by atoms with E-state index in [9.17, 15) is 13.6 Å². The van der Waals surface area contributed by atoms with Crippen LogP contribution in [0.25, 0.3) is 10.9 Å². The van der Waals surface area contributed by atoms with Gasteiger partial charge in [0.15, 0.2) is 0 Å². The molecule has 0 spiro atoms. The van der Waals surface area contributed by atoms with Crippen LogP contribution in [0, 0.1) is 11.6 Å². The summed E-state index contributed by atoms with van der Waals surface area (Å²) in [7, 11) is 0. The van der Waals surface area contributed by atoms with Gasteiger partial charge in [-0.05, 0) is 57.5 Å². The van der Waals surface area contributed by atoms with E-state index in [1.54, 1.807) is 31.2 Å². The maximum atomic E-state index is 14.0. The summed E-state index contributed by atoms with van der Waals surface area (Å²) in [6.07, 6.45) is 0.705. The SMILES string of the molecule is C/C(=N/Nc1nc2ccccc2c(=O)n1CCCOC(C)C)c1cc(F)ccc1F. The van der Waals surface area contributed by atoms with E-state index in [1.807, 2.05) is 13.8 Å². The number of aromatic nitrogens is 2. The highest BCUT2D eigenvalue weighted by molar-refractivity contribution is 5.99. The van der Waals surface area contributed by atoms with Crippen molar-refractivity contribution in [2.24, 2.45) is 5.10 Å². The number of halogens is 2. The van der Waals surface area contributed by atoms with Gasteiger partial charge in [0.05, 0.1) is 22.7 Å². The molecule has 8 heteroatoms. The number of hydrogen-bond donors (Lipinski definition) is 1. The zero-order valence-corrected chi connectivity index (χ0v) is 17.2. The lowest BCUT2D eigenvalue weighted by molar-refractivity contribution is 0.0748. The maximum absolute atomic E-state index is 14.0. The number of hydrazone groups is 1. The second-order valence-electron chi connectivity index (χ2n) is 7.12. The molecule has 0 aliphatic rings. The Hall–Kier alpha value is -3.13. The van der Waals surface area contributed by atoms with Gasteiger partial charge in [-0.15, -0.1) is 0 Å². The fraction of sp³-hybridized carbons (Fsp3) is 0.318. The third kappa shape index (κ3) is 5.07. The van der Waals surface area contributed by atoms with Crippen LogP contribution < -0.4 is 11.0 Å². The van der Waals surface area contributed by atoms with Crippen molar-refractivity contribution in [1.29, 1.82) is 0 Å². The van der Waals surface area contributed by atoms with Crippen molar-refractivity contribution < 1.29 is 13.5 Å². The standard InChI is InChI=1S/C22H24F2N4O2/c1-14(2)30-12-6-11-28-21(29)17-7-4-5-8-20(17)25-22(28)27-26-15(3)18-13-16(23)9-10-19(18)24/h4-5,7-10,13-14H,6,11-12H2,1-3H3,(H,25,27)/b26-15-. The summed E-state index contributed by atoms with van der Waals surface area (Å²) in [5.41, 5.74) is 3.31. The van der Waals surface area contributed by atoms with E-state index in [-0.39, 0.29) is 28.9 Å². The zero-order chi connectivity index (χ0) is 21.7. The van der Waals surface area contributed by atoms with E-state index >= 15 is 0 Å². The van der Waals surface area contributed by atoms with E-state index in [2.05, 4.69) is 15.5 Å². The predicted molar refractivity (Wildman–Crippen MR) is 114 cm³/mol. The molecule has 2 aromatic carbocycles. The topological polar surface area (TPSA) is 68.5 Å². The fourth-order valence-corrected chi connectivity index (χ4v) is 2.97. The van der Waals surface area contributed by atoms with Gasteiger partial charge < -0.3 is 4.74 Å². The molecule has 3 rings (SSSR count). The molecule has 0 amide bonds. The molecule has 0 radical (unpaired) electrons. The molecule has 1 heterocycles. The van der Waals surface area contributed by atoms with E-state index < -0.39 is 11.6 Å². The number of para-hydroxylation sites is 1. The van der Waals surface area contributed by atoms with E-state index in [4.69, 9.17) is 4.74 Å². The first-order valence-corrected chi connectivity index (χ1v) is 9.73. The molecule has 0 aliphatic heterocycles. The van der Waals surface area contributed by atoms with Gasteiger partial charge in [0.1, 0.15) is 11.6 Å². The quantitative estimate of drug-likeness (QED) is 0.339. The molecule has 0 saturated heterocycles. The Morgan fingerprint density at radius 1 is 1.23 bits per heavy atom. The molecule has 0 unspecified atom stereocenters. The molecule has 158 valence electrons. The molecular weight excluding hydrogens is 390 g/mol. The van der Waals surface area contributed by atoms with Crippen molar-refractivity contribution in [2.75, 3.05) is 12.0 Å². The van der Waals surface area contributed by atoms with Crippen molar-refractivity contribution in [1.82, 2.24) is 9.55 Å². The van der Waals surface area contributed by atoms with Crippen molar-refractivity contribution in [3.8, 4) is 0 Å². The van der Waals surface area contributed by atoms with Crippen LogP contribution in [0.15, 0.2) is 52.4 Å². The number of nitrogens with zero attached hydrogens (tertiary/aromatic N) is 3. The molecule has 0 atom stereocenters. The van der Waals surface area contributed by atoms with Crippen LogP contribution in [0.4, 0.5) is 14.7 Å². The van der Waals surface area contributed by atoms with Crippen LogP contribution in [-0.2, 0) is 11.3 Å². The van der Waals surface area contributed by atoms with Crippen molar-refractivity contribution in [3.05, 3.63) is 70.0 Å². The second kappa shape index (κ2) is 9.58. The van der Waals surface area contributed by atoms with Crippen LogP contribution in [0.5, 0.6) is 0 Å². The first-order chi connectivity index (χ1) is 14.4. The number of fused-ring (bicyclic) bond motifs is 1. The van der Waals surface area contributed by atoms with Gasteiger partial charge in [0.2, 0.25) is 5.95 Å². The molecule has 0 bridgehead atoms. The molecule has 1 N–H and O–H groups in total. The Balaban J connectivity index is 1.93. The summed E-state index contributed by atoms with van der Waals surface area (Å²) in [6, 6.07) is 10.2. The van der Waals surface area contributed by atoms with Crippen LogP contribution in [-0.4, -0.2) is 28.0 Å². The summed E-state index contributed by atoms with van der Waals surface area (Å²) < 4.78 is 34.5. The number of rotatable bonds is 8. The Morgan fingerprint density at radius 2 is 2.00 bits per heavy atom. The minimum atomic E-state index is -0.589. The highest BCUT2D eigenvalue weighted by Gasteiger charge is 2.12. The molecule has 3 aromatic rings. The van der Waals surface area contributed by atoms with Crippen molar-refractivity contribution in [3.63, 3.8) is 0 Å². The van der Waals surface area contributed by atoms with Gasteiger partial charge in [-0.2, -0.15) is 5.10 Å². The summed E-state index contributed by atoms with van der Waals surface area (Å²) in [6.45, 7) is 6.30. The maximum Gasteiger partial charge on any atom is 0.262 e. The number of hydrogen-bond acceptors (Lipinski definition) is 5. The van der Waals surface area contributed by atoms with E-state index in [1.165, 1.54) is 4.57 Å². The number of nitrogens with one attached hydrogen (secondary N) is 1. The Bertz CT molecular complexity index is 1130. The van der Waals surface area contributed by atoms with Crippen LogP contribution in [0.2, 0.25) is 0 Å². The van der Waals surface area contributed by atoms with E-state index in [0.717, 1.165) is 18.2 Å². The van der Waals surface area contributed by atoms with Gasteiger partial charge in [-0.1, -0.05) is 12.1 Å². The van der Waals surface area contributed by atoms with Gasteiger partial charge in [-0.3, -0.25) is 9.36 Å². The fourth-order valence-electron chi connectivity index (χ4n) is 2.97. The third-order valence-electron chi connectivity index (χ3n) is 4.48. The molecule has 0 saturated carbocycles. The number of anilines is 1. The third-order valence-corrected chi connectivity index (χ3v) is 4.48. The van der Waals surface area contributed by atoms with Gasteiger partial charge >= 0.3 is 0 Å². The Morgan fingerprint density at radius 3 is 2.77 bits per heavy atom. The van der Waals surface area contributed by atoms with Crippen LogP contribution in [0.1, 0.15) is 32.8 Å². The summed E-state index contributed by atoms with van der Waals surface area (Å²) in [5.74, 6) is -0.930.